The average Bonchev–Trinajstić information content (AvgIpc) is 2.92. The van der Waals surface area contributed by atoms with Crippen molar-refractivity contribution in [2.75, 3.05) is 53.0 Å². The van der Waals surface area contributed by atoms with Crippen LogP contribution in [0.5, 0.6) is 0 Å². The number of nitrogens with zero attached hydrogens (tertiary/aromatic N) is 4. The van der Waals surface area contributed by atoms with E-state index in [1.54, 1.807) is 7.11 Å². The molecule has 0 radical (unpaired) electrons. The Hall–Kier alpha value is -0.950. The lowest BCUT2D eigenvalue weighted by Crippen LogP contribution is -2.42. The van der Waals surface area contributed by atoms with Gasteiger partial charge in [0.1, 0.15) is 5.82 Å². The van der Waals surface area contributed by atoms with Gasteiger partial charge in [0.2, 0.25) is 0 Å². The first-order valence-electron chi connectivity index (χ1n) is 9.40. The summed E-state index contributed by atoms with van der Waals surface area (Å²) in [5.41, 5.74) is 0. The largest absolute Gasteiger partial charge is 0.383 e. The molecule has 0 bridgehead atoms. The van der Waals surface area contributed by atoms with E-state index in [0.717, 1.165) is 58.2 Å². The van der Waals surface area contributed by atoms with Crippen LogP contribution in [0.15, 0.2) is 12.4 Å². The first-order valence-corrected chi connectivity index (χ1v) is 9.40. The minimum absolute atomic E-state index is 0.327. The lowest BCUT2D eigenvalue weighted by molar-refractivity contribution is 0.0213. The van der Waals surface area contributed by atoms with Crippen LogP contribution in [0.3, 0.4) is 0 Å². The Kier molecular flexibility index (Phi) is 7.08. The minimum Gasteiger partial charge on any atom is -0.383 e. The van der Waals surface area contributed by atoms with E-state index >= 15 is 0 Å². The quantitative estimate of drug-likeness (QED) is 0.757. The predicted molar refractivity (Wildman–Crippen MR) is 94.0 cm³/mol. The fourth-order valence-electron chi connectivity index (χ4n) is 3.74. The molecule has 6 nitrogen and oxygen atoms in total. The molecule has 2 fully saturated rings. The summed E-state index contributed by atoms with van der Waals surface area (Å²) in [5, 5.41) is 0. The maximum Gasteiger partial charge on any atom is 0.122 e. The summed E-state index contributed by atoms with van der Waals surface area (Å²) in [5.74, 6) is 1.13. The smallest absolute Gasteiger partial charge is 0.122 e. The van der Waals surface area contributed by atoms with Crippen LogP contribution in [-0.2, 0) is 22.6 Å². The van der Waals surface area contributed by atoms with Gasteiger partial charge >= 0.3 is 0 Å². The number of imidazole rings is 1. The van der Waals surface area contributed by atoms with Crippen LogP contribution in [0.2, 0.25) is 0 Å². The van der Waals surface area contributed by atoms with Crippen LogP contribution in [0.4, 0.5) is 0 Å². The minimum atomic E-state index is 0.327. The zero-order valence-electron chi connectivity index (χ0n) is 15.0. The van der Waals surface area contributed by atoms with E-state index in [4.69, 9.17) is 9.47 Å². The molecule has 2 saturated heterocycles. The van der Waals surface area contributed by atoms with E-state index in [9.17, 15) is 0 Å². The fourth-order valence-corrected chi connectivity index (χ4v) is 3.74. The van der Waals surface area contributed by atoms with E-state index < -0.39 is 0 Å². The van der Waals surface area contributed by atoms with Crippen LogP contribution >= 0.6 is 0 Å². The van der Waals surface area contributed by atoms with Crippen LogP contribution in [0, 0.1) is 0 Å². The Morgan fingerprint density at radius 3 is 2.83 bits per heavy atom. The lowest BCUT2D eigenvalue weighted by Gasteiger charge is -2.31. The first kappa shape index (κ1) is 17.9. The maximum atomic E-state index is 6.12. The fraction of sp³-hybridized carbons (Fsp3) is 0.833. The molecule has 1 aromatic rings. The summed E-state index contributed by atoms with van der Waals surface area (Å²) in [7, 11) is 1.74. The maximum absolute atomic E-state index is 6.12. The average molecular weight is 336 g/mol. The Balaban J connectivity index is 1.53. The molecule has 1 aromatic heterocycles. The van der Waals surface area contributed by atoms with Crippen molar-refractivity contribution in [3.8, 4) is 0 Å². The second-order valence-corrected chi connectivity index (χ2v) is 6.97. The SMILES string of the molecule is COCCn1ccnc1CN1CCCOC(CN2CCCCC2)C1. The summed E-state index contributed by atoms with van der Waals surface area (Å²) in [4.78, 5) is 9.64. The molecule has 1 unspecified atom stereocenters. The Labute approximate surface area is 145 Å². The second-order valence-electron chi connectivity index (χ2n) is 6.97. The highest BCUT2D eigenvalue weighted by Gasteiger charge is 2.23. The van der Waals surface area contributed by atoms with Gasteiger partial charge < -0.3 is 18.9 Å². The highest BCUT2D eigenvalue weighted by molar-refractivity contribution is 4.93. The standard InChI is InChI=1S/C18H32N4O2/c1-23-13-11-22-10-6-19-18(22)16-21-9-5-12-24-17(15-21)14-20-7-3-2-4-8-20/h6,10,17H,2-5,7-9,11-16H2,1H3. The normalized spacial score (nSPS) is 24.1. The van der Waals surface area contributed by atoms with Gasteiger partial charge in [-0.05, 0) is 32.4 Å². The van der Waals surface area contributed by atoms with E-state index in [2.05, 4.69) is 19.4 Å². The van der Waals surface area contributed by atoms with Crippen molar-refractivity contribution in [3.05, 3.63) is 18.2 Å². The van der Waals surface area contributed by atoms with Crippen molar-refractivity contribution >= 4 is 0 Å². The Morgan fingerprint density at radius 2 is 2.00 bits per heavy atom. The van der Waals surface area contributed by atoms with Gasteiger partial charge in [-0.3, -0.25) is 4.90 Å². The molecular formula is C18H32N4O2. The number of hydrogen-bond donors (Lipinski definition) is 0. The first-order chi connectivity index (χ1) is 11.8. The van der Waals surface area contributed by atoms with Gasteiger partial charge in [-0.15, -0.1) is 0 Å². The molecule has 1 atom stereocenters. The third-order valence-electron chi connectivity index (χ3n) is 5.05. The number of piperidine rings is 1. The Bertz CT molecular complexity index is 473. The summed E-state index contributed by atoms with van der Waals surface area (Å²) >= 11 is 0. The van der Waals surface area contributed by atoms with Crippen LogP contribution in [0.25, 0.3) is 0 Å². The van der Waals surface area contributed by atoms with Crippen LogP contribution < -0.4 is 0 Å². The third kappa shape index (κ3) is 5.28. The van der Waals surface area contributed by atoms with Crippen molar-refractivity contribution in [1.82, 2.24) is 19.4 Å². The van der Waals surface area contributed by atoms with Gasteiger partial charge in [-0.25, -0.2) is 4.98 Å². The zero-order valence-corrected chi connectivity index (χ0v) is 15.0. The molecule has 0 amide bonds. The lowest BCUT2D eigenvalue weighted by atomic mass is 10.1. The van der Waals surface area contributed by atoms with Gasteiger partial charge in [-0.2, -0.15) is 0 Å². The van der Waals surface area contributed by atoms with Gasteiger partial charge in [0, 0.05) is 52.3 Å². The number of rotatable bonds is 7. The summed E-state index contributed by atoms with van der Waals surface area (Å²) in [6.45, 7) is 9.03. The molecule has 3 heterocycles. The molecule has 0 saturated carbocycles. The monoisotopic (exact) mass is 336 g/mol. The molecule has 0 aliphatic carbocycles. The van der Waals surface area contributed by atoms with Gasteiger partial charge in [0.05, 0.1) is 19.3 Å². The molecule has 2 aliphatic rings. The number of hydrogen-bond acceptors (Lipinski definition) is 5. The molecule has 24 heavy (non-hydrogen) atoms. The van der Waals surface area contributed by atoms with E-state index in [0.29, 0.717) is 6.10 Å². The van der Waals surface area contributed by atoms with E-state index in [1.165, 1.54) is 32.4 Å². The van der Waals surface area contributed by atoms with Gasteiger partial charge in [-0.1, -0.05) is 6.42 Å². The van der Waals surface area contributed by atoms with Crippen LogP contribution in [0.1, 0.15) is 31.5 Å². The molecule has 2 aliphatic heterocycles. The number of methoxy groups -OCH3 is 1. The highest BCUT2D eigenvalue weighted by atomic mass is 16.5. The van der Waals surface area contributed by atoms with Crippen LogP contribution in [-0.4, -0.2) is 78.5 Å². The summed E-state index contributed by atoms with van der Waals surface area (Å²) in [6, 6.07) is 0. The molecular weight excluding hydrogens is 304 g/mol. The number of aromatic nitrogens is 2. The summed E-state index contributed by atoms with van der Waals surface area (Å²) < 4.78 is 13.5. The van der Waals surface area contributed by atoms with Crippen molar-refractivity contribution in [2.24, 2.45) is 0 Å². The predicted octanol–water partition coefficient (Wildman–Crippen LogP) is 1.61. The molecule has 136 valence electrons. The molecule has 0 aromatic carbocycles. The highest BCUT2D eigenvalue weighted by Crippen LogP contribution is 2.14. The summed E-state index contributed by atoms with van der Waals surface area (Å²) in [6.07, 6.45) is 9.44. The zero-order chi connectivity index (χ0) is 16.6. The van der Waals surface area contributed by atoms with E-state index in [-0.39, 0.29) is 0 Å². The Morgan fingerprint density at radius 1 is 1.17 bits per heavy atom. The van der Waals surface area contributed by atoms with Gasteiger partial charge in [0.25, 0.3) is 0 Å². The second kappa shape index (κ2) is 9.51. The van der Waals surface area contributed by atoms with Gasteiger partial charge in [0.15, 0.2) is 0 Å². The number of likely N-dealkylation sites (tertiary alicyclic amines) is 1. The number of ether oxygens (including phenoxy) is 2. The molecule has 6 heteroatoms. The van der Waals surface area contributed by atoms with Crippen molar-refractivity contribution < 1.29 is 9.47 Å². The molecule has 3 rings (SSSR count). The third-order valence-corrected chi connectivity index (χ3v) is 5.05. The van der Waals surface area contributed by atoms with Crippen molar-refractivity contribution in [1.29, 1.82) is 0 Å². The molecule has 0 spiro atoms. The van der Waals surface area contributed by atoms with Crippen molar-refractivity contribution in [3.63, 3.8) is 0 Å². The van der Waals surface area contributed by atoms with Crippen molar-refractivity contribution in [2.45, 2.75) is 44.9 Å². The molecule has 0 N–H and O–H groups in total. The topological polar surface area (TPSA) is 42.8 Å². The van der Waals surface area contributed by atoms with E-state index in [1.807, 2.05) is 12.4 Å².